The van der Waals surface area contributed by atoms with Crippen molar-refractivity contribution in [1.29, 1.82) is 0 Å². The van der Waals surface area contributed by atoms with Crippen molar-refractivity contribution >= 4 is 17.4 Å². The average Bonchev–Trinajstić information content (AvgIpc) is 3.14. The molecule has 0 aromatic heterocycles. The van der Waals surface area contributed by atoms with Gasteiger partial charge in [0, 0.05) is 24.2 Å². The van der Waals surface area contributed by atoms with Gasteiger partial charge in [0.05, 0.1) is 31.9 Å². The summed E-state index contributed by atoms with van der Waals surface area (Å²) in [6, 6.07) is 9.71. The fourth-order valence-electron chi connectivity index (χ4n) is 4.69. The number of para-hydroxylation sites is 1. The van der Waals surface area contributed by atoms with Crippen LogP contribution >= 0.6 is 0 Å². The predicted molar refractivity (Wildman–Crippen MR) is 143 cm³/mol. The fraction of sp³-hybridized carbons (Fsp3) is 0.448. The van der Waals surface area contributed by atoms with E-state index in [1.165, 1.54) is 19.1 Å². The van der Waals surface area contributed by atoms with Crippen LogP contribution in [0, 0.1) is 6.92 Å². The van der Waals surface area contributed by atoms with Crippen molar-refractivity contribution in [2.24, 2.45) is 0 Å². The first-order valence-electron chi connectivity index (χ1n) is 12.7. The summed E-state index contributed by atoms with van der Waals surface area (Å²) in [5, 5.41) is 11.5. The van der Waals surface area contributed by atoms with Gasteiger partial charge in [0.1, 0.15) is 11.5 Å². The minimum Gasteiger partial charge on any atom is -0.507 e. The molecule has 1 heterocycles. The Labute approximate surface area is 219 Å². The standard InChI is InChI=1S/C29H38N2O6/c1-8-30(9-2)15-16-31-25(21-11-10-12-23(35-6)28(21)36-7)24(27(33)29(31)34)26(32)20-13-14-22(19(5)17-20)37-18(3)4/h10-14,17-18,25,32H,8-9,15-16H2,1-7H3/b26-24-. The summed E-state index contributed by atoms with van der Waals surface area (Å²) < 4.78 is 17.0. The van der Waals surface area contributed by atoms with Gasteiger partial charge in [-0.15, -0.1) is 0 Å². The molecule has 2 aromatic carbocycles. The summed E-state index contributed by atoms with van der Waals surface area (Å²) >= 11 is 0. The zero-order chi connectivity index (χ0) is 27.3. The number of hydrogen-bond acceptors (Lipinski definition) is 7. The first-order chi connectivity index (χ1) is 17.7. The van der Waals surface area contributed by atoms with Crippen LogP contribution in [0.3, 0.4) is 0 Å². The van der Waals surface area contributed by atoms with E-state index < -0.39 is 17.7 Å². The van der Waals surface area contributed by atoms with Crippen molar-refractivity contribution in [2.75, 3.05) is 40.4 Å². The molecule has 1 atom stereocenters. The highest BCUT2D eigenvalue weighted by atomic mass is 16.5. The SMILES string of the molecule is CCN(CC)CCN1C(=O)C(=O)/C(=C(\O)c2ccc(OC(C)C)c(C)c2)C1c1cccc(OC)c1OC. The number of aryl methyl sites for hydroxylation is 1. The number of amides is 1. The van der Waals surface area contributed by atoms with Crippen LogP contribution < -0.4 is 14.2 Å². The largest absolute Gasteiger partial charge is 0.507 e. The minimum atomic E-state index is -0.840. The summed E-state index contributed by atoms with van der Waals surface area (Å²) in [5.41, 5.74) is 1.83. The lowest BCUT2D eigenvalue weighted by atomic mass is 9.94. The number of hydrogen-bond donors (Lipinski definition) is 1. The summed E-state index contributed by atoms with van der Waals surface area (Å²) in [4.78, 5) is 30.5. The van der Waals surface area contributed by atoms with E-state index in [4.69, 9.17) is 14.2 Å². The topological polar surface area (TPSA) is 88.5 Å². The second-order valence-electron chi connectivity index (χ2n) is 9.25. The minimum absolute atomic E-state index is 0.00481. The van der Waals surface area contributed by atoms with Crippen LogP contribution in [0.25, 0.3) is 5.76 Å². The molecule has 8 heteroatoms. The van der Waals surface area contributed by atoms with Crippen LogP contribution in [0.5, 0.6) is 17.2 Å². The van der Waals surface area contributed by atoms with E-state index in [1.54, 1.807) is 36.4 Å². The number of ketones is 1. The maximum atomic E-state index is 13.4. The third-order valence-electron chi connectivity index (χ3n) is 6.63. The molecule has 0 bridgehead atoms. The van der Waals surface area contributed by atoms with Crippen molar-refractivity contribution < 1.29 is 28.9 Å². The van der Waals surface area contributed by atoms with Gasteiger partial charge in [-0.2, -0.15) is 0 Å². The number of aliphatic hydroxyl groups excluding tert-OH is 1. The molecule has 2 aromatic rings. The Bertz CT molecular complexity index is 1170. The van der Waals surface area contributed by atoms with Gasteiger partial charge in [-0.3, -0.25) is 9.59 Å². The molecule has 37 heavy (non-hydrogen) atoms. The maximum absolute atomic E-state index is 13.4. The number of benzene rings is 2. The molecule has 1 aliphatic rings. The summed E-state index contributed by atoms with van der Waals surface area (Å²) in [6.07, 6.45) is -0.00481. The number of likely N-dealkylation sites (N-methyl/N-ethyl adjacent to an activating group) is 1. The van der Waals surface area contributed by atoms with Crippen molar-refractivity contribution in [3.8, 4) is 17.2 Å². The number of likely N-dealkylation sites (tertiary alicyclic amines) is 1. The van der Waals surface area contributed by atoms with E-state index in [9.17, 15) is 14.7 Å². The zero-order valence-electron chi connectivity index (χ0n) is 22.8. The van der Waals surface area contributed by atoms with Gasteiger partial charge >= 0.3 is 0 Å². The Balaban J connectivity index is 2.19. The Morgan fingerprint density at radius 3 is 2.32 bits per heavy atom. The van der Waals surface area contributed by atoms with Crippen LogP contribution in [-0.2, 0) is 9.59 Å². The smallest absolute Gasteiger partial charge is 0.295 e. The Hall–Kier alpha value is -3.52. The highest BCUT2D eigenvalue weighted by Gasteiger charge is 2.47. The molecule has 0 aliphatic carbocycles. The molecule has 0 radical (unpaired) electrons. The van der Waals surface area contributed by atoms with E-state index in [-0.39, 0.29) is 17.4 Å². The van der Waals surface area contributed by atoms with Crippen LogP contribution in [0.15, 0.2) is 42.0 Å². The number of methoxy groups -OCH3 is 2. The third-order valence-corrected chi connectivity index (χ3v) is 6.63. The third kappa shape index (κ3) is 5.74. The average molecular weight is 511 g/mol. The molecule has 1 N–H and O–H groups in total. The predicted octanol–water partition coefficient (Wildman–Crippen LogP) is 4.56. The number of rotatable bonds is 11. The summed E-state index contributed by atoms with van der Waals surface area (Å²) in [5.74, 6) is -0.0463. The van der Waals surface area contributed by atoms with Gasteiger partial charge < -0.3 is 29.1 Å². The van der Waals surface area contributed by atoms with Crippen molar-refractivity contribution in [3.63, 3.8) is 0 Å². The number of carbonyl (C=O) groups excluding carboxylic acids is 2. The molecular formula is C29H38N2O6. The second kappa shape index (κ2) is 12.1. The highest BCUT2D eigenvalue weighted by Crippen LogP contribution is 2.45. The van der Waals surface area contributed by atoms with Gasteiger partial charge in [0.25, 0.3) is 11.7 Å². The van der Waals surface area contributed by atoms with E-state index in [1.807, 2.05) is 20.8 Å². The second-order valence-corrected chi connectivity index (χ2v) is 9.25. The molecular weight excluding hydrogens is 472 g/mol. The molecule has 1 amide bonds. The fourth-order valence-corrected chi connectivity index (χ4v) is 4.69. The lowest BCUT2D eigenvalue weighted by Gasteiger charge is -2.29. The normalized spacial score (nSPS) is 17.1. The Morgan fingerprint density at radius 1 is 1.05 bits per heavy atom. The molecule has 200 valence electrons. The summed E-state index contributed by atoms with van der Waals surface area (Å²) in [7, 11) is 3.04. The Kier molecular flexibility index (Phi) is 9.21. The lowest BCUT2D eigenvalue weighted by molar-refractivity contribution is -0.140. The molecule has 0 saturated carbocycles. The van der Waals surface area contributed by atoms with Gasteiger partial charge in [0.15, 0.2) is 11.5 Å². The number of ether oxygens (including phenoxy) is 3. The summed E-state index contributed by atoms with van der Waals surface area (Å²) in [6.45, 7) is 12.4. The van der Waals surface area contributed by atoms with E-state index in [0.717, 1.165) is 18.7 Å². The molecule has 8 nitrogen and oxygen atoms in total. The molecule has 1 fully saturated rings. The van der Waals surface area contributed by atoms with E-state index in [2.05, 4.69) is 18.7 Å². The number of Topliss-reactive ketones (excluding diaryl/α,β-unsaturated/α-hetero) is 1. The first-order valence-corrected chi connectivity index (χ1v) is 12.7. The number of aliphatic hydroxyl groups is 1. The van der Waals surface area contributed by atoms with E-state index >= 15 is 0 Å². The van der Waals surface area contributed by atoms with Gasteiger partial charge in [-0.25, -0.2) is 0 Å². The molecule has 1 saturated heterocycles. The first kappa shape index (κ1) is 28.1. The van der Waals surface area contributed by atoms with Gasteiger partial charge in [0.2, 0.25) is 0 Å². The van der Waals surface area contributed by atoms with Crippen LogP contribution in [0.1, 0.15) is 50.4 Å². The monoisotopic (exact) mass is 510 g/mol. The zero-order valence-corrected chi connectivity index (χ0v) is 22.8. The number of nitrogens with zero attached hydrogens (tertiary/aromatic N) is 2. The molecule has 0 spiro atoms. The van der Waals surface area contributed by atoms with Gasteiger partial charge in [-0.05, 0) is 63.7 Å². The van der Waals surface area contributed by atoms with Crippen LogP contribution in [0.4, 0.5) is 0 Å². The maximum Gasteiger partial charge on any atom is 0.295 e. The molecule has 1 unspecified atom stereocenters. The highest BCUT2D eigenvalue weighted by molar-refractivity contribution is 6.46. The van der Waals surface area contributed by atoms with Gasteiger partial charge in [-0.1, -0.05) is 26.0 Å². The Morgan fingerprint density at radius 2 is 1.76 bits per heavy atom. The number of carbonyl (C=O) groups is 2. The van der Waals surface area contributed by atoms with Crippen molar-refractivity contribution in [2.45, 2.75) is 46.8 Å². The molecule has 1 aliphatic heterocycles. The lowest BCUT2D eigenvalue weighted by Crippen LogP contribution is -2.38. The molecule has 3 rings (SSSR count). The van der Waals surface area contributed by atoms with Crippen molar-refractivity contribution in [1.82, 2.24) is 9.80 Å². The van der Waals surface area contributed by atoms with Crippen LogP contribution in [0.2, 0.25) is 0 Å². The quantitative estimate of drug-likeness (QED) is 0.269. The van der Waals surface area contributed by atoms with E-state index in [0.29, 0.717) is 41.5 Å². The van der Waals surface area contributed by atoms with Crippen LogP contribution in [-0.4, -0.2) is 73.1 Å². The van der Waals surface area contributed by atoms with Crippen molar-refractivity contribution in [3.05, 3.63) is 58.7 Å².